The molecule has 0 spiro atoms. The summed E-state index contributed by atoms with van der Waals surface area (Å²) in [5, 5.41) is 0.992. The van der Waals surface area contributed by atoms with E-state index < -0.39 is 5.82 Å². The third kappa shape index (κ3) is 1.98. The van der Waals surface area contributed by atoms with Crippen LogP contribution in [-0.4, -0.2) is 11.0 Å². The number of rotatable bonds is 2. The van der Waals surface area contributed by atoms with E-state index in [1.54, 1.807) is 6.07 Å². The molecule has 3 N–H and O–H groups in total. The highest BCUT2D eigenvalue weighted by atomic mass is 35.5. The van der Waals surface area contributed by atoms with Gasteiger partial charge in [0.15, 0.2) is 0 Å². The quantitative estimate of drug-likeness (QED) is 0.813. The third-order valence-electron chi connectivity index (χ3n) is 2.35. The summed E-state index contributed by atoms with van der Waals surface area (Å²) in [5.74, 6) is -0.394. The molecule has 80 valence electrons. The maximum atomic E-state index is 13.3. The number of aromatic amines is 1. The van der Waals surface area contributed by atoms with Crippen molar-refractivity contribution in [1.29, 1.82) is 0 Å². The zero-order chi connectivity index (χ0) is 11.0. The van der Waals surface area contributed by atoms with E-state index in [2.05, 4.69) is 4.98 Å². The van der Waals surface area contributed by atoms with Crippen LogP contribution in [0.1, 0.15) is 12.5 Å². The number of hydrogen-bond donors (Lipinski definition) is 2. The SMILES string of the molecule is C[C@@H](N)Cc1c[nH]c2cc(Cl)c(F)cc12. The van der Waals surface area contributed by atoms with E-state index in [4.69, 9.17) is 17.3 Å². The minimum Gasteiger partial charge on any atom is -0.361 e. The molecule has 0 aliphatic heterocycles. The molecule has 0 aliphatic rings. The lowest BCUT2D eigenvalue weighted by molar-refractivity contribution is 0.630. The van der Waals surface area contributed by atoms with Crippen LogP contribution in [0.3, 0.4) is 0 Å². The molecule has 1 heterocycles. The van der Waals surface area contributed by atoms with Gasteiger partial charge in [-0.05, 0) is 31.0 Å². The minimum absolute atomic E-state index is 0.0581. The molecule has 0 aliphatic carbocycles. The van der Waals surface area contributed by atoms with Gasteiger partial charge < -0.3 is 10.7 Å². The molecule has 2 nitrogen and oxygen atoms in total. The van der Waals surface area contributed by atoms with Crippen LogP contribution in [0.25, 0.3) is 10.9 Å². The Morgan fingerprint density at radius 3 is 2.93 bits per heavy atom. The van der Waals surface area contributed by atoms with Crippen LogP contribution in [0, 0.1) is 5.82 Å². The summed E-state index contributed by atoms with van der Waals surface area (Å²) in [5.41, 5.74) is 7.58. The Balaban J connectivity index is 2.54. The monoisotopic (exact) mass is 226 g/mol. The number of nitrogens with two attached hydrogens (primary N) is 1. The smallest absolute Gasteiger partial charge is 0.142 e. The molecule has 0 bridgehead atoms. The Kier molecular flexibility index (Phi) is 2.67. The predicted octanol–water partition coefficient (Wildman–Crippen LogP) is 2.85. The average molecular weight is 227 g/mol. The molecule has 0 saturated carbocycles. The van der Waals surface area contributed by atoms with E-state index in [1.165, 1.54) is 6.07 Å². The zero-order valence-corrected chi connectivity index (χ0v) is 9.11. The first-order chi connectivity index (χ1) is 7.08. The summed E-state index contributed by atoms with van der Waals surface area (Å²) in [6.07, 6.45) is 2.57. The maximum Gasteiger partial charge on any atom is 0.142 e. The second-order valence-electron chi connectivity index (χ2n) is 3.81. The summed E-state index contributed by atoms with van der Waals surface area (Å²) < 4.78 is 13.3. The fourth-order valence-corrected chi connectivity index (χ4v) is 1.85. The highest BCUT2D eigenvalue weighted by Crippen LogP contribution is 2.25. The lowest BCUT2D eigenvalue weighted by Gasteiger charge is -2.03. The maximum absolute atomic E-state index is 13.3. The molecule has 1 aromatic carbocycles. The van der Waals surface area contributed by atoms with E-state index in [1.807, 2.05) is 13.1 Å². The molecule has 2 aromatic rings. The fraction of sp³-hybridized carbons (Fsp3) is 0.273. The van der Waals surface area contributed by atoms with Gasteiger partial charge in [-0.3, -0.25) is 0 Å². The predicted molar refractivity (Wildman–Crippen MR) is 60.6 cm³/mol. The van der Waals surface area contributed by atoms with E-state index in [9.17, 15) is 4.39 Å². The van der Waals surface area contributed by atoms with Crippen LogP contribution in [0.5, 0.6) is 0 Å². The summed E-state index contributed by atoms with van der Waals surface area (Å²) in [7, 11) is 0. The van der Waals surface area contributed by atoms with E-state index in [0.29, 0.717) is 0 Å². The van der Waals surface area contributed by atoms with Crippen molar-refractivity contribution in [3.05, 3.63) is 34.7 Å². The number of aromatic nitrogens is 1. The first-order valence-electron chi connectivity index (χ1n) is 4.78. The van der Waals surface area contributed by atoms with Gasteiger partial charge in [0.1, 0.15) is 5.82 Å². The van der Waals surface area contributed by atoms with Gasteiger partial charge in [-0.15, -0.1) is 0 Å². The first kappa shape index (κ1) is 10.5. The van der Waals surface area contributed by atoms with Crippen molar-refractivity contribution in [2.45, 2.75) is 19.4 Å². The molecule has 0 radical (unpaired) electrons. The third-order valence-corrected chi connectivity index (χ3v) is 2.64. The van der Waals surface area contributed by atoms with Gasteiger partial charge in [0, 0.05) is 23.1 Å². The Labute approximate surface area is 92.2 Å². The Hall–Kier alpha value is -1.06. The fourth-order valence-electron chi connectivity index (χ4n) is 1.69. The van der Waals surface area contributed by atoms with Crippen molar-refractivity contribution in [1.82, 2.24) is 4.98 Å². The molecule has 0 saturated heterocycles. The van der Waals surface area contributed by atoms with E-state index in [0.717, 1.165) is 22.9 Å². The van der Waals surface area contributed by atoms with Crippen LogP contribution < -0.4 is 5.73 Å². The van der Waals surface area contributed by atoms with Crippen molar-refractivity contribution >= 4 is 22.5 Å². The topological polar surface area (TPSA) is 41.8 Å². The molecule has 0 fully saturated rings. The second-order valence-corrected chi connectivity index (χ2v) is 4.21. The largest absolute Gasteiger partial charge is 0.361 e. The van der Waals surface area contributed by atoms with Crippen LogP contribution in [0.4, 0.5) is 4.39 Å². The molecular weight excluding hydrogens is 215 g/mol. The van der Waals surface area contributed by atoms with Crippen molar-refractivity contribution in [2.75, 3.05) is 0 Å². The van der Waals surface area contributed by atoms with Gasteiger partial charge in [-0.1, -0.05) is 11.6 Å². The lowest BCUT2D eigenvalue weighted by atomic mass is 10.1. The van der Waals surface area contributed by atoms with E-state index >= 15 is 0 Å². The normalized spacial score (nSPS) is 13.3. The molecule has 2 rings (SSSR count). The van der Waals surface area contributed by atoms with Crippen molar-refractivity contribution < 1.29 is 4.39 Å². The molecule has 4 heteroatoms. The standard InChI is InChI=1S/C11H12ClFN2/c1-6(14)2-7-5-15-11-4-9(12)10(13)3-8(7)11/h3-6,15H,2,14H2,1H3/t6-/m1/s1. The van der Waals surface area contributed by atoms with Crippen LogP contribution in [0.15, 0.2) is 18.3 Å². The van der Waals surface area contributed by atoms with Gasteiger partial charge in [0.2, 0.25) is 0 Å². The molecule has 1 aromatic heterocycles. The zero-order valence-electron chi connectivity index (χ0n) is 8.35. The summed E-state index contributed by atoms with van der Waals surface area (Å²) in [4.78, 5) is 3.05. The first-order valence-corrected chi connectivity index (χ1v) is 5.16. The molecular formula is C11H12ClFN2. The van der Waals surface area contributed by atoms with Gasteiger partial charge >= 0.3 is 0 Å². The average Bonchev–Trinajstić information content (AvgIpc) is 2.49. The summed E-state index contributed by atoms with van der Waals surface area (Å²) >= 11 is 5.68. The van der Waals surface area contributed by atoms with E-state index in [-0.39, 0.29) is 11.1 Å². The molecule has 15 heavy (non-hydrogen) atoms. The van der Waals surface area contributed by atoms with Gasteiger partial charge in [-0.25, -0.2) is 4.39 Å². The van der Waals surface area contributed by atoms with Crippen LogP contribution in [0.2, 0.25) is 5.02 Å². The Morgan fingerprint density at radius 2 is 2.27 bits per heavy atom. The summed E-state index contributed by atoms with van der Waals surface area (Å²) in [6.45, 7) is 1.92. The number of hydrogen-bond acceptors (Lipinski definition) is 1. The highest BCUT2D eigenvalue weighted by molar-refractivity contribution is 6.31. The number of nitrogens with one attached hydrogen (secondary N) is 1. The summed E-state index contributed by atoms with van der Waals surface area (Å²) in [6, 6.07) is 3.10. The number of H-pyrrole nitrogens is 1. The van der Waals surface area contributed by atoms with Gasteiger partial charge in [-0.2, -0.15) is 0 Å². The minimum atomic E-state index is -0.394. The molecule has 1 atom stereocenters. The Morgan fingerprint density at radius 1 is 1.53 bits per heavy atom. The lowest BCUT2D eigenvalue weighted by Crippen LogP contribution is -2.17. The number of benzene rings is 1. The van der Waals surface area contributed by atoms with Crippen molar-refractivity contribution in [3.8, 4) is 0 Å². The number of fused-ring (bicyclic) bond motifs is 1. The second kappa shape index (κ2) is 3.83. The van der Waals surface area contributed by atoms with Crippen LogP contribution >= 0.6 is 11.6 Å². The van der Waals surface area contributed by atoms with Crippen molar-refractivity contribution in [3.63, 3.8) is 0 Å². The number of halogens is 2. The highest BCUT2D eigenvalue weighted by Gasteiger charge is 2.09. The van der Waals surface area contributed by atoms with Gasteiger partial charge in [0.05, 0.1) is 5.02 Å². The molecule has 0 amide bonds. The van der Waals surface area contributed by atoms with Crippen molar-refractivity contribution in [2.24, 2.45) is 5.73 Å². The molecule has 0 unspecified atom stereocenters. The Bertz CT molecular complexity index is 491. The van der Waals surface area contributed by atoms with Gasteiger partial charge in [0.25, 0.3) is 0 Å². The van der Waals surface area contributed by atoms with Crippen LogP contribution in [-0.2, 0) is 6.42 Å².